The van der Waals surface area contributed by atoms with Crippen molar-refractivity contribution >= 4 is 17.7 Å². The molecule has 2 N–H and O–H groups in total. The Morgan fingerprint density at radius 2 is 1.79 bits per heavy atom. The predicted octanol–water partition coefficient (Wildman–Crippen LogP) is 2.97. The minimum atomic E-state index is -0.0725. The highest BCUT2D eigenvalue weighted by atomic mass is 32.2. The summed E-state index contributed by atoms with van der Waals surface area (Å²) < 4.78 is 0. The van der Waals surface area contributed by atoms with Gasteiger partial charge in [-0.1, -0.05) is 54.6 Å². The number of nitrogens with zero attached hydrogens (tertiary/aromatic N) is 1. The molecular weight excluding hydrogens is 316 g/mol. The molecule has 3 atom stereocenters. The maximum Gasteiger partial charge on any atom is 0.240 e. The Hall–Kier alpha value is -1.78. The van der Waals surface area contributed by atoms with Gasteiger partial charge in [-0.2, -0.15) is 0 Å². The van der Waals surface area contributed by atoms with Crippen LogP contribution < -0.4 is 5.73 Å². The number of hydrogen-bond acceptors (Lipinski definition) is 3. The molecule has 2 aromatic rings. The van der Waals surface area contributed by atoms with Gasteiger partial charge in [-0.3, -0.25) is 4.79 Å². The van der Waals surface area contributed by atoms with Gasteiger partial charge in [0.1, 0.15) is 5.25 Å². The molecule has 0 aliphatic carbocycles. The van der Waals surface area contributed by atoms with Crippen LogP contribution in [0.15, 0.2) is 54.6 Å². The molecule has 2 heterocycles. The quantitative estimate of drug-likeness (QED) is 0.916. The van der Waals surface area contributed by atoms with E-state index in [0.717, 1.165) is 18.7 Å². The van der Waals surface area contributed by atoms with E-state index in [2.05, 4.69) is 30.3 Å². The van der Waals surface area contributed by atoms with E-state index in [9.17, 15) is 4.79 Å². The summed E-state index contributed by atoms with van der Waals surface area (Å²) in [6, 6.07) is 18.7. The van der Waals surface area contributed by atoms with Crippen molar-refractivity contribution in [3.63, 3.8) is 0 Å². The number of fused-ring (bicyclic) bond motifs is 1. The van der Waals surface area contributed by atoms with E-state index in [-0.39, 0.29) is 23.1 Å². The zero-order valence-electron chi connectivity index (χ0n) is 13.6. The van der Waals surface area contributed by atoms with E-state index in [0.29, 0.717) is 6.54 Å². The van der Waals surface area contributed by atoms with Gasteiger partial charge in [0.05, 0.1) is 0 Å². The van der Waals surface area contributed by atoms with Crippen LogP contribution in [0.5, 0.6) is 0 Å². The Kier molecular flexibility index (Phi) is 4.33. The van der Waals surface area contributed by atoms with Crippen LogP contribution >= 0.6 is 11.8 Å². The first-order valence-corrected chi connectivity index (χ1v) is 9.57. The molecule has 2 aliphatic heterocycles. The second-order valence-corrected chi connectivity index (χ2v) is 7.84. The molecule has 1 saturated heterocycles. The highest BCUT2D eigenvalue weighted by Crippen LogP contribution is 2.39. The number of nitrogens with two attached hydrogens (primary N) is 1. The fourth-order valence-corrected chi connectivity index (χ4v) is 5.10. The van der Waals surface area contributed by atoms with Gasteiger partial charge >= 0.3 is 0 Å². The van der Waals surface area contributed by atoms with Crippen molar-refractivity contribution in [1.29, 1.82) is 0 Å². The van der Waals surface area contributed by atoms with Crippen molar-refractivity contribution in [3.05, 3.63) is 71.3 Å². The lowest BCUT2D eigenvalue weighted by atomic mass is 9.95. The third-order valence-corrected chi connectivity index (χ3v) is 6.35. The number of likely N-dealkylation sites (tertiary alicyclic amines) is 1. The van der Waals surface area contributed by atoms with Crippen molar-refractivity contribution in [2.24, 2.45) is 5.73 Å². The maximum atomic E-state index is 13.1. The molecule has 1 amide bonds. The Morgan fingerprint density at radius 1 is 1.04 bits per heavy atom. The molecule has 1 unspecified atom stereocenters. The molecule has 124 valence electrons. The van der Waals surface area contributed by atoms with Gasteiger partial charge in [0, 0.05) is 25.0 Å². The minimum absolute atomic E-state index is 0.0141. The van der Waals surface area contributed by atoms with Gasteiger partial charge in [0.15, 0.2) is 0 Å². The molecule has 4 heteroatoms. The summed E-state index contributed by atoms with van der Waals surface area (Å²) in [7, 11) is 0. The van der Waals surface area contributed by atoms with Gasteiger partial charge in [0.25, 0.3) is 0 Å². The fraction of sp³-hybridized carbons (Fsp3) is 0.350. The monoisotopic (exact) mass is 338 g/mol. The molecular formula is C20H22N2OS. The fourth-order valence-electron chi connectivity index (χ4n) is 3.83. The van der Waals surface area contributed by atoms with E-state index < -0.39 is 0 Å². The zero-order valence-corrected chi connectivity index (χ0v) is 14.4. The molecule has 0 saturated carbocycles. The van der Waals surface area contributed by atoms with Crippen molar-refractivity contribution in [1.82, 2.24) is 4.90 Å². The topological polar surface area (TPSA) is 46.3 Å². The van der Waals surface area contributed by atoms with Gasteiger partial charge in [-0.15, -0.1) is 11.8 Å². The third-order valence-electron chi connectivity index (χ3n) is 5.12. The third kappa shape index (κ3) is 2.85. The standard InChI is InChI=1S/C20H22N2OS/c21-18-13-22(12-17(18)14-6-2-1-3-7-14)20(23)19-16-9-5-4-8-15(16)10-11-24-19/h1-9,17-19H,10-13,21H2/t17-,18+,19?/m0/s1. The number of benzene rings is 2. The Balaban J connectivity index is 1.54. The smallest absolute Gasteiger partial charge is 0.240 e. The largest absolute Gasteiger partial charge is 0.339 e. The Labute approximate surface area is 147 Å². The molecule has 4 rings (SSSR count). The number of hydrogen-bond donors (Lipinski definition) is 1. The molecule has 0 radical (unpaired) electrons. The average Bonchev–Trinajstić information content (AvgIpc) is 3.03. The summed E-state index contributed by atoms with van der Waals surface area (Å²) in [6.07, 6.45) is 1.05. The lowest BCUT2D eigenvalue weighted by molar-refractivity contribution is -0.129. The van der Waals surface area contributed by atoms with E-state index in [4.69, 9.17) is 5.73 Å². The van der Waals surface area contributed by atoms with Crippen LogP contribution in [0.3, 0.4) is 0 Å². The van der Waals surface area contributed by atoms with E-state index in [1.54, 1.807) is 11.8 Å². The van der Waals surface area contributed by atoms with Crippen molar-refractivity contribution in [2.75, 3.05) is 18.8 Å². The van der Waals surface area contributed by atoms with E-state index in [1.807, 2.05) is 29.2 Å². The molecule has 24 heavy (non-hydrogen) atoms. The van der Waals surface area contributed by atoms with Crippen molar-refractivity contribution in [2.45, 2.75) is 23.6 Å². The van der Waals surface area contributed by atoms with Crippen molar-refractivity contribution < 1.29 is 4.79 Å². The van der Waals surface area contributed by atoms with Gasteiger partial charge in [0.2, 0.25) is 5.91 Å². The molecule has 0 aromatic heterocycles. The summed E-state index contributed by atoms with van der Waals surface area (Å²) in [6.45, 7) is 1.38. The van der Waals surface area contributed by atoms with Crippen LogP contribution in [0.2, 0.25) is 0 Å². The molecule has 3 nitrogen and oxygen atoms in total. The lowest BCUT2D eigenvalue weighted by Gasteiger charge is -2.28. The molecule has 2 aromatic carbocycles. The number of amides is 1. The number of aryl methyl sites for hydroxylation is 1. The van der Waals surface area contributed by atoms with Crippen LogP contribution in [0, 0.1) is 0 Å². The minimum Gasteiger partial charge on any atom is -0.339 e. The number of rotatable bonds is 2. The molecule has 2 aliphatic rings. The maximum absolute atomic E-state index is 13.1. The summed E-state index contributed by atoms with van der Waals surface area (Å²) in [5, 5.41) is -0.0725. The van der Waals surface area contributed by atoms with Crippen molar-refractivity contribution in [3.8, 4) is 0 Å². The highest BCUT2D eigenvalue weighted by Gasteiger charge is 2.38. The van der Waals surface area contributed by atoms with Crippen LogP contribution in [-0.4, -0.2) is 35.7 Å². The SMILES string of the molecule is N[C@@H]1CN(C(=O)C2SCCc3ccccc32)C[C@H]1c1ccccc1. The van der Waals surface area contributed by atoms with Crippen LogP contribution in [0.1, 0.15) is 27.9 Å². The van der Waals surface area contributed by atoms with Crippen LogP contribution in [-0.2, 0) is 11.2 Å². The molecule has 1 fully saturated rings. The first-order valence-electron chi connectivity index (χ1n) is 8.53. The summed E-state index contributed by atoms with van der Waals surface area (Å²) >= 11 is 1.77. The summed E-state index contributed by atoms with van der Waals surface area (Å²) in [4.78, 5) is 15.1. The summed E-state index contributed by atoms with van der Waals surface area (Å²) in [5.74, 6) is 1.47. The zero-order chi connectivity index (χ0) is 16.5. The molecule has 0 bridgehead atoms. The van der Waals surface area contributed by atoms with Gasteiger partial charge in [-0.25, -0.2) is 0 Å². The average molecular weight is 338 g/mol. The summed E-state index contributed by atoms with van der Waals surface area (Å²) in [5.41, 5.74) is 10.1. The number of carbonyl (C=O) groups is 1. The highest BCUT2D eigenvalue weighted by molar-refractivity contribution is 8.00. The number of carbonyl (C=O) groups excluding carboxylic acids is 1. The number of thioether (sulfide) groups is 1. The Morgan fingerprint density at radius 3 is 2.62 bits per heavy atom. The first-order chi connectivity index (χ1) is 11.7. The first kappa shape index (κ1) is 15.7. The second kappa shape index (κ2) is 6.61. The van der Waals surface area contributed by atoms with Gasteiger partial charge in [-0.05, 0) is 28.9 Å². The van der Waals surface area contributed by atoms with Crippen LogP contribution in [0.4, 0.5) is 0 Å². The second-order valence-electron chi connectivity index (χ2n) is 6.62. The predicted molar refractivity (Wildman–Crippen MR) is 99.1 cm³/mol. The van der Waals surface area contributed by atoms with E-state index >= 15 is 0 Å². The van der Waals surface area contributed by atoms with E-state index in [1.165, 1.54) is 16.7 Å². The lowest BCUT2D eigenvalue weighted by Crippen LogP contribution is -2.35. The normalized spacial score (nSPS) is 26.2. The van der Waals surface area contributed by atoms with Crippen LogP contribution in [0.25, 0.3) is 0 Å². The Bertz CT molecular complexity index is 733. The molecule has 0 spiro atoms. The van der Waals surface area contributed by atoms with Gasteiger partial charge < -0.3 is 10.6 Å².